The number of allylic oxidation sites excluding steroid dienone is 1. The minimum atomic E-state index is -0.834. The third kappa shape index (κ3) is 4.09. The van der Waals surface area contributed by atoms with Crippen molar-refractivity contribution in [2.24, 2.45) is 5.73 Å². The van der Waals surface area contributed by atoms with E-state index in [9.17, 15) is 14.9 Å². The molecule has 4 rings (SSSR count). The Morgan fingerprint density at radius 1 is 1.27 bits per heavy atom. The predicted octanol–water partition coefficient (Wildman–Crippen LogP) is 3.21. The molecule has 1 aromatic heterocycles. The van der Waals surface area contributed by atoms with Crippen molar-refractivity contribution in [2.75, 3.05) is 6.61 Å². The van der Waals surface area contributed by atoms with Crippen molar-refractivity contribution in [1.29, 1.82) is 5.26 Å². The molecule has 3 aromatic rings. The lowest BCUT2D eigenvalue weighted by Gasteiger charge is -2.24. The third-order valence-electron chi connectivity index (χ3n) is 5.14. The van der Waals surface area contributed by atoms with Gasteiger partial charge in [-0.2, -0.15) is 5.26 Å². The average molecular weight is 498 g/mol. The number of rotatable bonds is 4. The Morgan fingerprint density at radius 3 is 2.70 bits per heavy atom. The summed E-state index contributed by atoms with van der Waals surface area (Å²) < 4.78 is 7.12. The van der Waals surface area contributed by atoms with Gasteiger partial charge in [0.15, 0.2) is 0 Å². The Kier molecular flexibility index (Phi) is 6.43. The van der Waals surface area contributed by atoms with Gasteiger partial charge < -0.3 is 10.5 Å². The highest BCUT2D eigenvalue weighted by molar-refractivity contribution is 7.07. The van der Waals surface area contributed by atoms with Crippen molar-refractivity contribution in [1.82, 2.24) is 4.57 Å². The smallest absolute Gasteiger partial charge is 0.338 e. The Labute approximate surface area is 203 Å². The summed E-state index contributed by atoms with van der Waals surface area (Å²) in [5.74, 6) is -1.51. The van der Waals surface area contributed by atoms with Gasteiger partial charge in [0.25, 0.3) is 5.56 Å². The molecule has 0 fully saturated rings. The maximum Gasteiger partial charge on any atom is 0.338 e. The number of ether oxygens (including phenoxy) is 1. The zero-order chi connectivity index (χ0) is 23.7. The molecule has 1 unspecified atom stereocenters. The summed E-state index contributed by atoms with van der Waals surface area (Å²) in [4.78, 5) is 26.4. The average Bonchev–Trinajstić information content (AvgIpc) is 3.11. The van der Waals surface area contributed by atoms with Crippen LogP contribution >= 0.6 is 34.5 Å². The number of nitrogens with two attached hydrogens (primary N) is 1. The van der Waals surface area contributed by atoms with Crippen LogP contribution < -0.4 is 20.5 Å². The van der Waals surface area contributed by atoms with E-state index in [2.05, 4.69) is 6.07 Å². The number of benzene rings is 2. The molecule has 33 heavy (non-hydrogen) atoms. The van der Waals surface area contributed by atoms with Gasteiger partial charge in [-0.1, -0.05) is 53.5 Å². The second-order valence-corrected chi connectivity index (χ2v) is 8.99. The van der Waals surface area contributed by atoms with Crippen LogP contribution in [0, 0.1) is 11.3 Å². The summed E-state index contributed by atoms with van der Waals surface area (Å²) >= 11 is 13.5. The van der Waals surface area contributed by atoms with Gasteiger partial charge in [0.1, 0.15) is 10.5 Å². The number of nitriles is 1. The first kappa shape index (κ1) is 22.9. The largest absolute Gasteiger partial charge is 0.463 e. The van der Waals surface area contributed by atoms with Gasteiger partial charge >= 0.3 is 5.97 Å². The molecule has 6 nitrogen and oxygen atoms in total. The second kappa shape index (κ2) is 9.28. The van der Waals surface area contributed by atoms with Crippen LogP contribution in [-0.2, 0) is 9.53 Å². The normalized spacial score (nSPS) is 15.9. The first-order valence-corrected chi connectivity index (χ1v) is 11.5. The van der Waals surface area contributed by atoms with Gasteiger partial charge in [-0.3, -0.25) is 9.36 Å². The van der Waals surface area contributed by atoms with E-state index in [4.69, 9.17) is 33.7 Å². The van der Waals surface area contributed by atoms with Crippen molar-refractivity contribution in [2.45, 2.75) is 12.8 Å². The van der Waals surface area contributed by atoms with Gasteiger partial charge in [-0.05, 0) is 42.3 Å². The van der Waals surface area contributed by atoms with Crippen LogP contribution in [0.15, 0.2) is 58.9 Å². The lowest BCUT2D eigenvalue weighted by atomic mass is 9.84. The fourth-order valence-electron chi connectivity index (χ4n) is 3.71. The van der Waals surface area contributed by atoms with Crippen molar-refractivity contribution < 1.29 is 9.53 Å². The van der Waals surface area contributed by atoms with Gasteiger partial charge in [-0.15, -0.1) is 11.3 Å². The number of aromatic nitrogens is 1. The highest BCUT2D eigenvalue weighted by Gasteiger charge is 2.36. The van der Waals surface area contributed by atoms with Crippen LogP contribution in [0.2, 0.25) is 10.0 Å². The quantitative estimate of drug-likeness (QED) is 0.558. The monoisotopic (exact) mass is 497 g/mol. The van der Waals surface area contributed by atoms with E-state index in [1.807, 2.05) is 0 Å². The van der Waals surface area contributed by atoms with Crippen molar-refractivity contribution in [3.05, 3.63) is 94.8 Å². The van der Waals surface area contributed by atoms with Crippen LogP contribution in [0.25, 0.3) is 17.5 Å². The molecule has 1 atom stereocenters. The summed E-state index contributed by atoms with van der Waals surface area (Å²) in [7, 11) is 0. The number of halogens is 2. The number of hydrogen-bond donors (Lipinski definition) is 1. The Balaban J connectivity index is 2.12. The summed E-state index contributed by atoms with van der Waals surface area (Å²) in [6.45, 7) is 1.81. The number of hydrogen-bond acceptors (Lipinski definition) is 6. The summed E-state index contributed by atoms with van der Waals surface area (Å²) in [5, 5.41) is 10.9. The van der Waals surface area contributed by atoms with Crippen LogP contribution in [0.1, 0.15) is 24.0 Å². The van der Waals surface area contributed by atoms with Gasteiger partial charge in [0.2, 0.25) is 0 Å². The van der Waals surface area contributed by atoms with Crippen LogP contribution in [-0.4, -0.2) is 17.1 Å². The molecule has 9 heteroatoms. The molecule has 0 bridgehead atoms. The van der Waals surface area contributed by atoms with Gasteiger partial charge in [0.05, 0.1) is 34.3 Å². The van der Waals surface area contributed by atoms with Crippen LogP contribution in [0.3, 0.4) is 0 Å². The molecule has 2 aromatic carbocycles. The van der Waals surface area contributed by atoms with E-state index in [-0.39, 0.29) is 23.6 Å². The molecule has 0 spiro atoms. The Bertz CT molecular complexity index is 1530. The van der Waals surface area contributed by atoms with Gasteiger partial charge in [0, 0.05) is 10.0 Å². The first-order valence-electron chi connectivity index (χ1n) is 9.92. The van der Waals surface area contributed by atoms with Crippen LogP contribution in [0.4, 0.5) is 0 Å². The number of fused-ring (bicyclic) bond motifs is 1. The topological polar surface area (TPSA) is 98.1 Å². The van der Waals surface area contributed by atoms with E-state index in [1.165, 1.54) is 4.57 Å². The molecule has 0 radical (unpaired) electrons. The highest BCUT2D eigenvalue weighted by atomic mass is 35.5. The van der Waals surface area contributed by atoms with Crippen molar-refractivity contribution in [3.63, 3.8) is 0 Å². The SMILES string of the molecule is CCOC(=O)C1=c2s/c(=C/c3ccccc3Cl)c(=O)n2C(N)=C(C#N)C1c1cccc(Cl)c1. The van der Waals surface area contributed by atoms with E-state index < -0.39 is 17.4 Å². The highest BCUT2D eigenvalue weighted by Crippen LogP contribution is 2.37. The van der Waals surface area contributed by atoms with Crippen LogP contribution in [0.5, 0.6) is 0 Å². The standard InChI is InChI=1S/C24H17Cl2N3O3S/c1-2-32-24(31)20-19(14-7-5-8-15(25)10-14)16(12-27)21(28)29-22(30)18(33-23(20)29)11-13-6-3-4-9-17(13)26/h3-11,19H,2,28H2,1H3/b18-11+. The van der Waals surface area contributed by atoms with Crippen molar-refractivity contribution >= 4 is 58.0 Å². The first-order chi connectivity index (χ1) is 15.9. The van der Waals surface area contributed by atoms with E-state index >= 15 is 0 Å². The molecular formula is C24H17Cl2N3O3S. The number of nitrogens with zero attached hydrogens (tertiary/aromatic N) is 2. The molecule has 2 N–H and O–H groups in total. The van der Waals surface area contributed by atoms with Gasteiger partial charge in [-0.25, -0.2) is 4.79 Å². The fourth-order valence-corrected chi connectivity index (χ4v) is 5.25. The maximum absolute atomic E-state index is 13.3. The summed E-state index contributed by atoms with van der Waals surface area (Å²) in [5.41, 5.74) is 7.33. The summed E-state index contributed by atoms with van der Waals surface area (Å²) in [6, 6.07) is 16.0. The predicted molar refractivity (Wildman–Crippen MR) is 130 cm³/mol. The number of carbonyl (C=O) groups excluding carboxylic acids is 1. The molecule has 2 heterocycles. The summed E-state index contributed by atoms with van der Waals surface area (Å²) in [6.07, 6.45) is 1.64. The number of thiazole rings is 1. The molecule has 166 valence electrons. The fraction of sp³-hybridized carbons (Fsp3) is 0.125. The lowest BCUT2D eigenvalue weighted by molar-refractivity contribution is -0.136. The molecular weight excluding hydrogens is 481 g/mol. The molecule has 1 aliphatic rings. The number of esters is 1. The maximum atomic E-state index is 13.3. The minimum absolute atomic E-state index is 0.0365. The Hall–Kier alpha value is -3.31. The zero-order valence-corrected chi connectivity index (χ0v) is 19.7. The zero-order valence-electron chi connectivity index (χ0n) is 17.3. The molecule has 0 aliphatic carbocycles. The second-order valence-electron chi connectivity index (χ2n) is 7.11. The molecule has 0 saturated carbocycles. The third-order valence-corrected chi connectivity index (χ3v) is 6.83. The molecule has 0 saturated heterocycles. The van der Waals surface area contributed by atoms with E-state index in [0.29, 0.717) is 30.4 Å². The number of carbonyl (C=O) groups is 1. The van der Waals surface area contributed by atoms with E-state index in [1.54, 1.807) is 61.5 Å². The molecule has 0 amide bonds. The minimum Gasteiger partial charge on any atom is -0.463 e. The molecule has 1 aliphatic heterocycles. The lowest BCUT2D eigenvalue weighted by Crippen LogP contribution is -2.40. The Morgan fingerprint density at radius 2 is 2.03 bits per heavy atom. The van der Waals surface area contributed by atoms with Crippen molar-refractivity contribution in [3.8, 4) is 6.07 Å². The van der Waals surface area contributed by atoms with E-state index in [0.717, 1.165) is 11.3 Å².